The van der Waals surface area contributed by atoms with Crippen LogP contribution in [-0.4, -0.2) is 60.7 Å². The summed E-state index contributed by atoms with van der Waals surface area (Å²) in [6, 6.07) is 6.30. The van der Waals surface area contributed by atoms with E-state index in [-0.39, 0.29) is 36.9 Å². The zero-order chi connectivity index (χ0) is 24.7. The number of hydrogen-bond donors (Lipinski definition) is 2. The van der Waals surface area contributed by atoms with E-state index in [2.05, 4.69) is 5.32 Å². The Kier molecular flexibility index (Phi) is 9.10. The molecule has 0 radical (unpaired) electrons. The first-order chi connectivity index (χ1) is 16.5. The number of anilines is 1. The summed E-state index contributed by atoms with van der Waals surface area (Å²) in [5.41, 5.74) is 0.607. The number of benzene rings is 1. The Labute approximate surface area is 201 Å². The van der Waals surface area contributed by atoms with Gasteiger partial charge in [0.1, 0.15) is 11.8 Å². The van der Waals surface area contributed by atoms with Crippen molar-refractivity contribution < 1.29 is 29.0 Å². The Morgan fingerprint density at radius 2 is 1.82 bits per heavy atom. The molecule has 1 aliphatic heterocycles. The predicted molar refractivity (Wildman–Crippen MR) is 128 cm³/mol. The number of amides is 2. The third-order valence-electron chi connectivity index (χ3n) is 6.83. The van der Waals surface area contributed by atoms with Crippen molar-refractivity contribution in [2.24, 2.45) is 23.7 Å². The number of likely N-dealkylation sites (tertiary alicyclic amines) is 1. The van der Waals surface area contributed by atoms with E-state index in [1.807, 2.05) is 19.1 Å². The maximum atomic E-state index is 13.7. The van der Waals surface area contributed by atoms with Crippen LogP contribution in [0, 0.1) is 23.7 Å². The van der Waals surface area contributed by atoms with Crippen LogP contribution in [-0.2, 0) is 19.1 Å². The van der Waals surface area contributed by atoms with Gasteiger partial charge in [-0.25, -0.2) is 0 Å². The Hall–Kier alpha value is -2.87. The molecule has 5 atom stereocenters. The molecule has 34 heavy (non-hydrogen) atoms. The summed E-state index contributed by atoms with van der Waals surface area (Å²) in [5.74, 6) is -1.91. The van der Waals surface area contributed by atoms with Crippen molar-refractivity contribution in [2.45, 2.75) is 45.6 Å². The average molecular weight is 473 g/mol. The van der Waals surface area contributed by atoms with Gasteiger partial charge in [-0.05, 0) is 62.8 Å². The van der Waals surface area contributed by atoms with Gasteiger partial charge in [0.2, 0.25) is 11.8 Å². The standard InChI is InChI=1S/C26H36N2O6/c1-4-17-9-14-20-22(21(17)26(32)34-5-2)25(31)28(15-7-6-8-16-29)23(20)24(30)27-18-10-12-19(33-3)13-11-18/h9-14,17,20-23,29H,4-8,15-16H2,1-3H3,(H,27,30)/t17-,20+,21-,22+,23+/m1/s1. The number of aliphatic hydroxyl groups excluding tert-OH is 1. The van der Waals surface area contributed by atoms with E-state index in [0.717, 1.165) is 6.42 Å². The number of methoxy groups -OCH3 is 1. The Morgan fingerprint density at radius 1 is 1.09 bits per heavy atom. The predicted octanol–water partition coefficient (Wildman–Crippen LogP) is 3.01. The van der Waals surface area contributed by atoms with Gasteiger partial charge in [0.05, 0.1) is 25.6 Å². The Bertz CT molecular complexity index is 884. The number of nitrogens with zero attached hydrogens (tertiary/aromatic N) is 1. The number of carbonyl (C=O) groups excluding carboxylic acids is 3. The van der Waals surface area contributed by atoms with Gasteiger partial charge in [-0.2, -0.15) is 0 Å². The summed E-state index contributed by atoms with van der Waals surface area (Å²) in [4.78, 5) is 41.7. The number of nitrogens with one attached hydrogen (secondary N) is 1. The second-order valence-electron chi connectivity index (χ2n) is 8.82. The fourth-order valence-electron chi connectivity index (χ4n) is 5.15. The lowest BCUT2D eigenvalue weighted by molar-refractivity contribution is -0.155. The first-order valence-corrected chi connectivity index (χ1v) is 12.2. The van der Waals surface area contributed by atoms with Crippen LogP contribution < -0.4 is 10.1 Å². The average Bonchev–Trinajstić information content (AvgIpc) is 3.13. The highest BCUT2D eigenvalue weighted by atomic mass is 16.5. The summed E-state index contributed by atoms with van der Waals surface area (Å²) < 4.78 is 10.5. The minimum Gasteiger partial charge on any atom is -0.497 e. The van der Waals surface area contributed by atoms with Gasteiger partial charge in [-0.3, -0.25) is 14.4 Å². The lowest BCUT2D eigenvalue weighted by Gasteiger charge is -2.33. The van der Waals surface area contributed by atoms with E-state index >= 15 is 0 Å². The van der Waals surface area contributed by atoms with Crippen LogP contribution in [0.3, 0.4) is 0 Å². The molecule has 1 heterocycles. The molecular weight excluding hydrogens is 436 g/mol. The largest absolute Gasteiger partial charge is 0.497 e. The molecule has 1 aromatic carbocycles. The maximum absolute atomic E-state index is 13.7. The minimum absolute atomic E-state index is 0.0897. The quantitative estimate of drug-likeness (QED) is 0.291. The number of ether oxygens (including phenoxy) is 2. The van der Waals surface area contributed by atoms with Crippen molar-refractivity contribution in [1.82, 2.24) is 4.90 Å². The van der Waals surface area contributed by atoms with Crippen molar-refractivity contribution in [3.63, 3.8) is 0 Å². The van der Waals surface area contributed by atoms with E-state index in [9.17, 15) is 14.4 Å². The van der Waals surface area contributed by atoms with Crippen molar-refractivity contribution in [3.8, 4) is 5.75 Å². The molecule has 0 bridgehead atoms. The van der Waals surface area contributed by atoms with Crippen LogP contribution in [0.2, 0.25) is 0 Å². The molecule has 2 amide bonds. The second-order valence-corrected chi connectivity index (χ2v) is 8.82. The third-order valence-corrected chi connectivity index (χ3v) is 6.83. The molecule has 186 valence electrons. The van der Waals surface area contributed by atoms with Gasteiger partial charge in [0.15, 0.2) is 0 Å². The molecule has 0 saturated carbocycles. The highest BCUT2D eigenvalue weighted by Gasteiger charge is 2.57. The molecule has 0 unspecified atom stereocenters. The van der Waals surface area contributed by atoms with E-state index in [1.54, 1.807) is 43.2 Å². The summed E-state index contributed by atoms with van der Waals surface area (Å²) in [6.45, 7) is 4.47. The Morgan fingerprint density at radius 3 is 2.44 bits per heavy atom. The normalized spacial score (nSPS) is 25.7. The second kappa shape index (κ2) is 12.0. The fraction of sp³-hybridized carbons (Fsp3) is 0.577. The molecular formula is C26H36N2O6. The number of carbonyl (C=O) groups is 3. The maximum Gasteiger partial charge on any atom is 0.310 e. The number of rotatable bonds is 11. The summed E-state index contributed by atoms with van der Waals surface area (Å²) in [6.07, 6.45) is 6.67. The number of aliphatic hydroxyl groups is 1. The zero-order valence-electron chi connectivity index (χ0n) is 20.2. The van der Waals surface area contributed by atoms with E-state index in [1.165, 1.54) is 0 Å². The molecule has 2 aliphatic rings. The number of unbranched alkanes of at least 4 members (excludes halogenated alkanes) is 2. The monoisotopic (exact) mass is 472 g/mol. The first-order valence-electron chi connectivity index (χ1n) is 12.2. The van der Waals surface area contributed by atoms with Gasteiger partial charge < -0.3 is 24.8 Å². The molecule has 8 nitrogen and oxygen atoms in total. The van der Waals surface area contributed by atoms with E-state index < -0.39 is 23.8 Å². The van der Waals surface area contributed by atoms with Crippen LogP contribution in [0.15, 0.2) is 36.4 Å². The molecule has 2 N–H and O–H groups in total. The van der Waals surface area contributed by atoms with Crippen molar-refractivity contribution in [3.05, 3.63) is 36.4 Å². The van der Waals surface area contributed by atoms with Crippen LogP contribution in [0.5, 0.6) is 5.75 Å². The lowest BCUT2D eigenvalue weighted by atomic mass is 9.69. The lowest BCUT2D eigenvalue weighted by Crippen LogP contribution is -2.44. The Balaban J connectivity index is 1.90. The summed E-state index contributed by atoms with van der Waals surface area (Å²) in [5, 5.41) is 12.0. The smallest absolute Gasteiger partial charge is 0.310 e. The summed E-state index contributed by atoms with van der Waals surface area (Å²) >= 11 is 0. The number of fused-ring (bicyclic) bond motifs is 1. The van der Waals surface area contributed by atoms with Crippen LogP contribution >= 0.6 is 0 Å². The van der Waals surface area contributed by atoms with Crippen molar-refractivity contribution >= 4 is 23.5 Å². The molecule has 0 aromatic heterocycles. The van der Waals surface area contributed by atoms with E-state index in [0.29, 0.717) is 37.2 Å². The molecule has 3 rings (SSSR count). The topological polar surface area (TPSA) is 105 Å². The number of esters is 1. The number of allylic oxidation sites excluding steroid dienone is 1. The van der Waals surface area contributed by atoms with Gasteiger partial charge in [0, 0.05) is 24.8 Å². The van der Waals surface area contributed by atoms with Gasteiger partial charge in [-0.1, -0.05) is 19.1 Å². The molecule has 1 aliphatic carbocycles. The highest BCUT2D eigenvalue weighted by molar-refractivity contribution is 6.01. The molecule has 8 heteroatoms. The van der Waals surface area contributed by atoms with Crippen molar-refractivity contribution in [2.75, 3.05) is 32.2 Å². The fourth-order valence-corrected chi connectivity index (χ4v) is 5.15. The third kappa shape index (κ3) is 5.43. The highest BCUT2D eigenvalue weighted by Crippen LogP contribution is 2.45. The SMILES string of the molecule is CCOC(=O)[C@H]1[C@H]2C(=O)N(CCCCCO)[C@H](C(=O)Nc3ccc(OC)cc3)[C@H]2C=C[C@H]1CC. The zero-order valence-corrected chi connectivity index (χ0v) is 20.2. The first kappa shape index (κ1) is 25.7. The van der Waals surface area contributed by atoms with Gasteiger partial charge >= 0.3 is 5.97 Å². The summed E-state index contributed by atoms with van der Waals surface area (Å²) in [7, 11) is 1.57. The van der Waals surface area contributed by atoms with Gasteiger partial charge in [0.25, 0.3) is 0 Å². The van der Waals surface area contributed by atoms with Crippen LogP contribution in [0.1, 0.15) is 39.5 Å². The van der Waals surface area contributed by atoms with Crippen LogP contribution in [0.25, 0.3) is 0 Å². The molecule has 0 spiro atoms. The van der Waals surface area contributed by atoms with E-state index in [4.69, 9.17) is 14.6 Å². The van der Waals surface area contributed by atoms with Gasteiger partial charge in [-0.15, -0.1) is 0 Å². The number of hydrogen-bond acceptors (Lipinski definition) is 6. The molecule has 1 aromatic rings. The van der Waals surface area contributed by atoms with Crippen LogP contribution in [0.4, 0.5) is 5.69 Å². The van der Waals surface area contributed by atoms with Crippen molar-refractivity contribution in [1.29, 1.82) is 0 Å². The molecule has 1 saturated heterocycles. The minimum atomic E-state index is -0.722. The molecule has 1 fully saturated rings.